The van der Waals surface area contributed by atoms with Gasteiger partial charge < -0.3 is 0 Å². The molecule has 4 heteroatoms. The molecule has 1 aromatic rings. The van der Waals surface area contributed by atoms with Crippen LogP contribution in [0.25, 0.3) is 0 Å². The molecule has 0 saturated carbocycles. The molecule has 0 aliphatic carbocycles. The van der Waals surface area contributed by atoms with Gasteiger partial charge in [0.15, 0.2) is 0 Å². The van der Waals surface area contributed by atoms with E-state index in [9.17, 15) is 3.74 Å². The Morgan fingerprint density at radius 2 is 2.20 bits per heavy atom. The van der Waals surface area contributed by atoms with Gasteiger partial charge >= 0.3 is 68.0 Å². The Morgan fingerprint density at radius 3 is 2.60 bits per heavy atom. The molecule has 0 fully saturated rings. The summed E-state index contributed by atoms with van der Waals surface area (Å²) >= 11 is 2.61. The molecule has 0 amide bonds. The van der Waals surface area contributed by atoms with E-state index in [1.807, 2.05) is 0 Å². The molecular weight excluding hydrogens is 214 g/mol. The Kier molecular flexibility index (Phi) is 2.61. The van der Waals surface area contributed by atoms with Gasteiger partial charge in [0.2, 0.25) is 0 Å². The topological polar surface area (TPSA) is 37.3 Å². The number of rotatable bonds is 1. The molecule has 0 aliphatic rings. The summed E-state index contributed by atoms with van der Waals surface area (Å²) in [5.41, 5.74) is 0. The van der Waals surface area contributed by atoms with Gasteiger partial charge in [0, 0.05) is 0 Å². The van der Waals surface area contributed by atoms with Crippen molar-refractivity contribution in [2.75, 3.05) is 0 Å². The summed E-state index contributed by atoms with van der Waals surface area (Å²) in [7, 11) is 0. The van der Waals surface area contributed by atoms with Crippen molar-refractivity contribution in [3.05, 3.63) is 29.3 Å². The zero-order valence-electron chi connectivity index (χ0n) is 4.99. The van der Waals surface area contributed by atoms with Crippen LogP contribution in [0.5, 0.6) is 0 Å². The van der Waals surface area contributed by atoms with E-state index in [1.54, 1.807) is 18.2 Å². The van der Waals surface area contributed by atoms with Gasteiger partial charge in [0.1, 0.15) is 0 Å². The van der Waals surface area contributed by atoms with E-state index in [-0.39, 0.29) is 0 Å². The predicted octanol–water partition coefficient (Wildman–Crippen LogP) is 0.458. The van der Waals surface area contributed by atoms with E-state index < -0.39 is 14.9 Å². The third kappa shape index (κ3) is 1.91. The average molecular weight is 219 g/mol. The van der Waals surface area contributed by atoms with Crippen molar-refractivity contribution in [3.8, 4) is 0 Å². The zero-order valence-corrected chi connectivity index (χ0v) is 7.62. The third-order valence-electron chi connectivity index (χ3n) is 1.03. The first-order valence-electron chi connectivity index (χ1n) is 2.62. The van der Waals surface area contributed by atoms with E-state index in [1.165, 1.54) is 6.07 Å². The van der Waals surface area contributed by atoms with Crippen molar-refractivity contribution < 1.29 is 7.84 Å². The molecule has 0 spiro atoms. The number of hydrogen-bond acceptors (Lipinski definition) is 1. The average Bonchev–Trinajstić information content (AvgIpc) is 1.88. The summed E-state index contributed by atoms with van der Waals surface area (Å²) in [6.45, 7) is 0. The SMILES string of the molecule is O=[As](O)c1cccc(Cl)c1. The van der Waals surface area contributed by atoms with Crippen molar-refractivity contribution in [1.82, 2.24) is 0 Å². The molecule has 10 heavy (non-hydrogen) atoms. The first-order chi connectivity index (χ1) is 4.70. The number of benzene rings is 1. The van der Waals surface area contributed by atoms with Crippen LogP contribution < -0.4 is 4.35 Å². The van der Waals surface area contributed by atoms with Gasteiger partial charge in [0.25, 0.3) is 0 Å². The van der Waals surface area contributed by atoms with Crippen molar-refractivity contribution in [2.24, 2.45) is 0 Å². The number of hydrogen-bond donors (Lipinski definition) is 1. The van der Waals surface area contributed by atoms with E-state index in [0.717, 1.165) is 0 Å². The summed E-state index contributed by atoms with van der Waals surface area (Å²) in [4.78, 5) is 0. The van der Waals surface area contributed by atoms with Crippen molar-refractivity contribution in [2.45, 2.75) is 0 Å². The summed E-state index contributed by atoms with van der Waals surface area (Å²) in [5, 5.41) is 0.502. The van der Waals surface area contributed by atoms with Crippen LogP contribution in [0.4, 0.5) is 0 Å². The van der Waals surface area contributed by atoms with Crippen molar-refractivity contribution >= 4 is 30.9 Å². The quantitative estimate of drug-likeness (QED) is 0.697. The molecule has 0 aromatic heterocycles. The Bertz CT molecular complexity index is 262. The van der Waals surface area contributed by atoms with Crippen LogP contribution in [0.15, 0.2) is 24.3 Å². The second kappa shape index (κ2) is 3.29. The molecule has 1 radical (unpaired) electrons. The molecule has 53 valence electrons. The minimum absolute atomic E-state index is 0.444. The van der Waals surface area contributed by atoms with Gasteiger partial charge in [-0.15, -0.1) is 0 Å². The second-order valence-corrected chi connectivity index (χ2v) is 4.42. The fourth-order valence-corrected chi connectivity index (χ4v) is 1.92. The first-order valence-corrected chi connectivity index (χ1v) is 5.54. The van der Waals surface area contributed by atoms with Gasteiger partial charge in [0.05, 0.1) is 0 Å². The van der Waals surface area contributed by atoms with Gasteiger partial charge in [-0.1, -0.05) is 0 Å². The van der Waals surface area contributed by atoms with E-state index in [4.69, 9.17) is 15.7 Å². The molecule has 2 nitrogen and oxygen atoms in total. The van der Waals surface area contributed by atoms with Crippen LogP contribution >= 0.6 is 11.6 Å². The Hall–Kier alpha value is -0.172. The van der Waals surface area contributed by atoms with Crippen LogP contribution in [0.1, 0.15) is 0 Å². The summed E-state index contributed by atoms with van der Waals surface area (Å²) in [6.07, 6.45) is 0. The van der Waals surface area contributed by atoms with Crippen LogP contribution in [-0.2, 0) is 3.74 Å². The van der Waals surface area contributed by atoms with Crippen LogP contribution in [0, 0.1) is 0 Å². The molecule has 0 saturated heterocycles. The van der Waals surface area contributed by atoms with E-state index in [0.29, 0.717) is 9.37 Å². The Labute approximate surface area is 68.3 Å². The molecule has 1 N–H and O–H groups in total. The van der Waals surface area contributed by atoms with Crippen molar-refractivity contribution in [1.29, 1.82) is 0 Å². The molecule has 1 aromatic carbocycles. The van der Waals surface area contributed by atoms with Gasteiger partial charge in [-0.05, 0) is 0 Å². The van der Waals surface area contributed by atoms with Crippen LogP contribution in [0.3, 0.4) is 0 Å². The predicted molar refractivity (Wildman–Crippen MR) is 39.7 cm³/mol. The monoisotopic (exact) mass is 219 g/mol. The normalized spacial score (nSPS) is 11.2. The van der Waals surface area contributed by atoms with Gasteiger partial charge in [-0.2, -0.15) is 0 Å². The minimum atomic E-state index is -2.95. The fraction of sp³-hybridized carbons (Fsp3) is 0. The molecule has 0 bridgehead atoms. The van der Waals surface area contributed by atoms with Gasteiger partial charge in [-0.25, -0.2) is 0 Å². The van der Waals surface area contributed by atoms with Crippen LogP contribution in [-0.4, -0.2) is 19.0 Å². The molecule has 1 rings (SSSR count). The van der Waals surface area contributed by atoms with Crippen LogP contribution in [0.2, 0.25) is 5.02 Å². The molecule has 0 aliphatic heterocycles. The standard InChI is InChI=1S/C6H5AsClO2/c8-6-3-1-2-5(4-6)7(9)10/h1-4H,(H,9,10). The summed E-state index contributed by atoms with van der Waals surface area (Å²) in [5.74, 6) is 0. The second-order valence-electron chi connectivity index (χ2n) is 1.75. The molecule has 1 unspecified atom stereocenters. The maximum absolute atomic E-state index is 10.5. The summed E-state index contributed by atoms with van der Waals surface area (Å²) < 4.78 is 19.6. The Morgan fingerprint density at radius 1 is 1.50 bits per heavy atom. The number of halogens is 1. The fourth-order valence-electron chi connectivity index (χ4n) is 0.595. The molecule has 0 heterocycles. The maximum atomic E-state index is 10.5. The summed E-state index contributed by atoms with van der Waals surface area (Å²) in [6, 6.07) is 6.43. The Balaban J connectivity index is 3.07. The third-order valence-corrected chi connectivity index (χ3v) is 2.77. The molecular formula is C6H5AsClO2. The van der Waals surface area contributed by atoms with E-state index >= 15 is 0 Å². The molecule has 1 atom stereocenters. The first kappa shape index (κ1) is 7.93. The van der Waals surface area contributed by atoms with E-state index in [2.05, 4.69) is 0 Å². The van der Waals surface area contributed by atoms with Gasteiger partial charge in [-0.3, -0.25) is 0 Å². The van der Waals surface area contributed by atoms with Crippen molar-refractivity contribution in [3.63, 3.8) is 0 Å². The zero-order chi connectivity index (χ0) is 7.56.